The third-order valence-electron chi connectivity index (χ3n) is 1.04. The van der Waals surface area contributed by atoms with Gasteiger partial charge in [0.15, 0.2) is 0 Å². The van der Waals surface area contributed by atoms with Crippen molar-refractivity contribution in [1.29, 1.82) is 0 Å². The molecule has 66 valence electrons. The van der Waals surface area contributed by atoms with Crippen molar-refractivity contribution >= 4 is 5.97 Å². The lowest BCUT2D eigenvalue weighted by atomic mass is 10.4. The Kier molecular flexibility index (Phi) is 5.78. The van der Waals surface area contributed by atoms with Crippen LogP contribution in [-0.2, 0) is 19.0 Å². The van der Waals surface area contributed by atoms with E-state index in [4.69, 9.17) is 14.2 Å². The van der Waals surface area contributed by atoms with Gasteiger partial charge in [0.25, 0.3) is 0 Å². The minimum absolute atomic E-state index is 0.289. The highest BCUT2D eigenvalue weighted by molar-refractivity contribution is 5.66. The Morgan fingerprint density at radius 1 is 1.27 bits per heavy atom. The lowest BCUT2D eigenvalue weighted by Gasteiger charge is -2.14. The Balaban J connectivity index is 3.59. The van der Waals surface area contributed by atoms with E-state index in [1.807, 2.05) is 0 Å². The molecule has 0 aliphatic carbocycles. The van der Waals surface area contributed by atoms with Crippen LogP contribution in [-0.4, -0.2) is 39.5 Å². The molecule has 11 heavy (non-hydrogen) atoms. The Morgan fingerprint density at radius 2 is 1.73 bits per heavy atom. The van der Waals surface area contributed by atoms with Gasteiger partial charge in [-0.05, 0) is 0 Å². The number of ether oxygens (including phenoxy) is 3. The summed E-state index contributed by atoms with van der Waals surface area (Å²) in [5.41, 5.74) is 0. The van der Waals surface area contributed by atoms with Crippen LogP contribution in [0.4, 0.5) is 0 Å². The predicted octanol–water partition coefficient (Wildman–Crippen LogP) is 0.211. The van der Waals surface area contributed by atoms with Crippen molar-refractivity contribution in [2.24, 2.45) is 0 Å². The van der Waals surface area contributed by atoms with E-state index in [9.17, 15) is 4.79 Å². The summed E-state index contributed by atoms with van der Waals surface area (Å²) in [6.45, 7) is 2.10. The second-order valence-electron chi connectivity index (χ2n) is 2.14. The molecule has 0 rings (SSSR count). The third-order valence-corrected chi connectivity index (χ3v) is 1.04. The molecule has 0 fully saturated rings. The smallest absolute Gasteiger partial charge is 0.303 e. The van der Waals surface area contributed by atoms with Crippen LogP contribution in [0.2, 0.25) is 0 Å². The van der Waals surface area contributed by atoms with Gasteiger partial charge < -0.3 is 14.2 Å². The van der Waals surface area contributed by atoms with Gasteiger partial charge in [-0.3, -0.25) is 4.79 Å². The highest BCUT2D eigenvalue weighted by Crippen LogP contribution is 1.93. The van der Waals surface area contributed by atoms with Crippen molar-refractivity contribution < 1.29 is 19.0 Å². The molecule has 0 saturated carbocycles. The van der Waals surface area contributed by atoms with Crippen LogP contribution < -0.4 is 0 Å². The maximum absolute atomic E-state index is 10.5. The van der Waals surface area contributed by atoms with Crippen molar-refractivity contribution in [1.82, 2.24) is 0 Å². The van der Waals surface area contributed by atoms with Crippen LogP contribution in [0.15, 0.2) is 0 Å². The van der Waals surface area contributed by atoms with E-state index in [1.165, 1.54) is 6.92 Å². The SMILES string of the molecule is COCC(COC)OC(C)=O. The van der Waals surface area contributed by atoms with Gasteiger partial charge in [0, 0.05) is 21.1 Å². The first kappa shape index (κ1) is 10.4. The van der Waals surface area contributed by atoms with Crippen LogP contribution in [0.1, 0.15) is 6.92 Å². The summed E-state index contributed by atoms with van der Waals surface area (Å²) in [5, 5.41) is 0. The Labute approximate surface area is 66.4 Å². The predicted molar refractivity (Wildman–Crippen MR) is 39.3 cm³/mol. The molecule has 0 heterocycles. The summed E-state index contributed by atoms with van der Waals surface area (Å²) in [7, 11) is 3.10. The molecule has 0 saturated heterocycles. The zero-order chi connectivity index (χ0) is 8.69. The highest BCUT2D eigenvalue weighted by atomic mass is 16.6. The standard InChI is InChI=1S/C7H14O4/c1-6(8)11-7(4-9-2)5-10-3/h7H,4-5H2,1-3H3. The first-order valence-corrected chi connectivity index (χ1v) is 3.35. The van der Waals surface area contributed by atoms with E-state index in [-0.39, 0.29) is 12.1 Å². The normalized spacial score (nSPS) is 10.2. The fraction of sp³-hybridized carbons (Fsp3) is 0.857. The molecule has 0 radical (unpaired) electrons. The average Bonchev–Trinajstić information content (AvgIpc) is 1.87. The lowest BCUT2D eigenvalue weighted by molar-refractivity contribution is -0.151. The molecular weight excluding hydrogens is 148 g/mol. The second-order valence-corrected chi connectivity index (χ2v) is 2.14. The van der Waals surface area contributed by atoms with Crippen molar-refractivity contribution in [2.75, 3.05) is 27.4 Å². The number of hydrogen-bond acceptors (Lipinski definition) is 4. The Hall–Kier alpha value is -0.610. The van der Waals surface area contributed by atoms with Gasteiger partial charge in [-0.1, -0.05) is 0 Å². The minimum atomic E-state index is -0.316. The second kappa shape index (κ2) is 6.12. The van der Waals surface area contributed by atoms with E-state index in [0.717, 1.165) is 0 Å². The summed E-state index contributed by atoms with van der Waals surface area (Å²) in [6.07, 6.45) is -0.289. The van der Waals surface area contributed by atoms with Gasteiger partial charge in [0.05, 0.1) is 13.2 Å². The monoisotopic (exact) mass is 162 g/mol. The molecular formula is C7H14O4. The summed E-state index contributed by atoms with van der Waals surface area (Å²) in [5.74, 6) is -0.316. The van der Waals surface area contributed by atoms with Crippen molar-refractivity contribution in [2.45, 2.75) is 13.0 Å². The van der Waals surface area contributed by atoms with Gasteiger partial charge >= 0.3 is 5.97 Å². The Bertz CT molecular complexity index is 107. The number of carbonyl (C=O) groups excluding carboxylic acids is 1. The molecule has 0 aliphatic rings. The van der Waals surface area contributed by atoms with E-state index in [0.29, 0.717) is 13.2 Å². The molecule has 4 nitrogen and oxygen atoms in total. The zero-order valence-corrected chi connectivity index (χ0v) is 7.12. The molecule has 0 bridgehead atoms. The summed E-state index contributed by atoms with van der Waals surface area (Å²) < 4.78 is 14.4. The summed E-state index contributed by atoms with van der Waals surface area (Å²) in [6, 6.07) is 0. The quantitative estimate of drug-likeness (QED) is 0.542. The molecule has 0 atom stereocenters. The van der Waals surface area contributed by atoms with Crippen LogP contribution in [0, 0.1) is 0 Å². The number of carbonyl (C=O) groups is 1. The van der Waals surface area contributed by atoms with E-state index in [2.05, 4.69) is 0 Å². The molecule has 0 amide bonds. The summed E-state index contributed by atoms with van der Waals surface area (Å²) in [4.78, 5) is 10.5. The molecule has 0 aromatic heterocycles. The van der Waals surface area contributed by atoms with Gasteiger partial charge in [0.1, 0.15) is 6.10 Å². The summed E-state index contributed by atoms with van der Waals surface area (Å²) >= 11 is 0. The topological polar surface area (TPSA) is 44.8 Å². The molecule has 0 N–H and O–H groups in total. The fourth-order valence-electron chi connectivity index (χ4n) is 0.723. The van der Waals surface area contributed by atoms with Crippen molar-refractivity contribution in [3.8, 4) is 0 Å². The zero-order valence-electron chi connectivity index (χ0n) is 7.12. The largest absolute Gasteiger partial charge is 0.458 e. The molecule has 0 aliphatic heterocycles. The first-order valence-electron chi connectivity index (χ1n) is 3.35. The maximum atomic E-state index is 10.5. The lowest BCUT2D eigenvalue weighted by Crippen LogP contribution is -2.26. The van der Waals surface area contributed by atoms with Crippen molar-refractivity contribution in [3.63, 3.8) is 0 Å². The molecule has 4 heteroatoms. The van der Waals surface area contributed by atoms with Crippen LogP contribution in [0.5, 0.6) is 0 Å². The van der Waals surface area contributed by atoms with Gasteiger partial charge in [-0.2, -0.15) is 0 Å². The Morgan fingerprint density at radius 3 is 2.00 bits per heavy atom. The van der Waals surface area contributed by atoms with Gasteiger partial charge in [-0.15, -0.1) is 0 Å². The number of hydrogen-bond donors (Lipinski definition) is 0. The van der Waals surface area contributed by atoms with Crippen LogP contribution >= 0.6 is 0 Å². The molecule has 0 aromatic carbocycles. The minimum Gasteiger partial charge on any atom is -0.458 e. The molecule has 0 spiro atoms. The number of methoxy groups -OCH3 is 2. The highest BCUT2D eigenvalue weighted by Gasteiger charge is 2.10. The average molecular weight is 162 g/mol. The van der Waals surface area contributed by atoms with Crippen molar-refractivity contribution in [3.05, 3.63) is 0 Å². The van der Waals surface area contributed by atoms with Crippen LogP contribution in [0.3, 0.4) is 0 Å². The maximum Gasteiger partial charge on any atom is 0.303 e. The van der Waals surface area contributed by atoms with E-state index >= 15 is 0 Å². The van der Waals surface area contributed by atoms with Gasteiger partial charge in [0.2, 0.25) is 0 Å². The fourth-order valence-corrected chi connectivity index (χ4v) is 0.723. The van der Waals surface area contributed by atoms with E-state index in [1.54, 1.807) is 14.2 Å². The van der Waals surface area contributed by atoms with Crippen LogP contribution in [0.25, 0.3) is 0 Å². The van der Waals surface area contributed by atoms with Gasteiger partial charge in [-0.25, -0.2) is 0 Å². The molecule has 0 aromatic rings. The molecule has 0 unspecified atom stereocenters. The number of esters is 1. The van der Waals surface area contributed by atoms with E-state index < -0.39 is 0 Å². The number of rotatable bonds is 5. The third kappa shape index (κ3) is 5.82. The first-order chi connectivity index (χ1) is 5.20.